The molecule has 1 heterocycles. The molecule has 1 fully saturated rings. The average molecular weight is 200 g/mol. The fourth-order valence-corrected chi connectivity index (χ4v) is 1.61. The highest BCUT2D eigenvalue weighted by molar-refractivity contribution is 5.76. The van der Waals surface area contributed by atoms with E-state index in [-0.39, 0.29) is 12.0 Å². The molecule has 1 aliphatic rings. The number of likely N-dealkylation sites (tertiary alicyclic amines) is 1. The normalized spacial score (nSPS) is 23.9. The molecule has 4 heteroatoms. The molecule has 0 aromatic carbocycles. The number of carbonyl (C=O) groups excluding carboxylic acids is 1. The lowest BCUT2D eigenvalue weighted by Crippen LogP contribution is -2.30. The van der Waals surface area contributed by atoms with Crippen LogP contribution >= 0.6 is 0 Å². The molecule has 14 heavy (non-hydrogen) atoms. The number of hydrogen-bond donors (Lipinski definition) is 2. The van der Waals surface area contributed by atoms with Gasteiger partial charge in [0.2, 0.25) is 5.91 Å². The van der Waals surface area contributed by atoms with E-state index in [9.17, 15) is 9.90 Å². The van der Waals surface area contributed by atoms with Crippen LogP contribution < -0.4 is 5.73 Å². The molecule has 0 saturated carbocycles. The second-order valence-corrected chi connectivity index (χ2v) is 4.16. The second kappa shape index (κ2) is 5.32. The summed E-state index contributed by atoms with van der Waals surface area (Å²) in [6.45, 7) is 3.90. The largest absolute Gasteiger partial charge is 0.391 e. The Balaban J connectivity index is 2.22. The van der Waals surface area contributed by atoms with Gasteiger partial charge in [0.1, 0.15) is 0 Å². The maximum absolute atomic E-state index is 11.6. The van der Waals surface area contributed by atoms with Crippen LogP contribution in [0.4, 0.5) is 0 Å². The van der Waals surface area contributed by atoms with Crippen LogP contribution in [0.15, 0.2) is 0 Å². The molecule has 82 valence electrons. The molecule has 3 N–H and O–H groups in total. The minimum absolute atomic E-state index is 0.154. The van der Waals surface area contributed by atoms with Gasteiger partial charge in [0.25, 0.3) is 0 Å². The maximum Gasteiger partial charge on any atom is 0.222 e. The summed E-state index contributed by atoms with van der Waals surface area (Å²) in [5.74, 6) is 0.563. The Morgan fingerprint density at radius 2 is 2.43 bits per heavy atom. The number of β-amino-alcohol motifs (C(OH)–C–C–N with tert-alkyl or cyclic N) is 1. The molecule has 1 rings (SSSR count). The molecule has 0 aromatic heterocycles. The van der Waals surface area contributed by atoms with Crippen molar-refractivity contribution in [3.8, 4) is 0 Å². The van der Waals surface area contributed by atoms with Crippen LogP contribution in [0.25, 0.3) is 0 Å². The van der Waals surface area contributed by atoms with Crippen molar-refractivity contribution in [1.29, 1.82) is 0 Å². The van der Waals surface area contributed by atoms with Crippen molar-refractivity contribution >= 4 is 5.91 Å². The highest BCUT2D eigenvalue weighted by Gasteiger charge is 2.24. The van der Waals surface area contributed by atoms with Crippen molar-refractivity contribution in [1.82, 2.24) is 4.90 Å². The van der Waals surface area contributed by atoms with Gasteiger partial charge in [-0.3, -0.25) is 4.79 Å². The topological polar surface area (TPSA) is 66.6 Å². The molecule has 0 radical (unpaired) electrons. The van der Waals surface area contributed by atoms with Crippen molar-refractivity contribution in [2.75, 3.05) is 19.6 Å². The Hall–Kier alpha value is -0.610. The number of aliphatic hydroxyl groups is 1. The first-order valence-electron chi connectivity index (χ1n) is 5.29. The Morgan fingerprint density at radius 3 is 2.93 bits per heavy atom. The highest BCUT2D eigenvalue weighted by atomic mass is 16.3. The average Bonchev–Trinajstić information content (AvgIpc) is 2.60. The Kier molecular flexibility index (Phi) is 4.35. The smallest absolute Gasteiger partial charge is 0.222 e. The van der Waals surface area contributed by atoms with Crippen LogP contribution in [0.1, 0.15) is 26.2 Å². The number of aliphatic hydroxyl groups excluding tert-OH is 1. The lowest BCUT2D eigenvalue weighted by molar-refractivity contribution is -0.130. The standard InChI is InChI=1S/C10H20N2O2/c1-8(6-11)2-3-10(14)12-5-4-9(13)7-12/h8-9,13H,2-7,11H2,1H3/t8?,9-/m0/s1. The first-order valence-corrected chi connectivity index (χ1v) is 5.29. The molecular weight excluding hydrogens is 180 g/mol. The molecule has 4 nitrogen and oxygen atoms in total. The minimum atomic E-state index is -0.314. The number of nitrogens with two attached hydrogens (primary N) is 1. The summed E-state index contributed by atoms with van der Waals surface area (Å²) >= 11 is 0. The molecule has 0 spiro atoms. The third-order valence-electron chi connectivity index (χ3n) is 2.77. The van der Waals surface area contributed by atoms with Gasteiger partial charge in [-0.25, -0.2) is 0 Å². The molecule has 2 atom stereocenters. The molecule has 1 unspecified atom stereocenters. The summed E-state index contributed by atoms with van der Waals surface area (Å²) in [4.78, 5) is 13.3. The predicted molar refractivity (Wildman–Crippen MR) is 54.7 cm³/mol. The number of hydrogen-bond acceptors (Lipinski definition) is 3. The van der Waals surface area contributed by atoms with Crippen LogP contribution in [0.5, 0.6) is 0 Å². The van der Waals surface area contributed by atoms with E-state index in [4.69, 9.17) is 5.73 Å². The van der Waals surface area contributed by atoms with E-state index in [1.165, 1.54) is 0 Å². The number of amides is 1. The maximum atomic E-state index is 11.6. The van der Waals surface area contributed by atoms with Gasteiger partial charge in [-0.05, 0) is 25.3 Å². The molecule has 1 saturated heterocycles. The summed E-state index contributed by atoms with van der Waals surface area (Å²) in [7, 11) is 0. The molecular formula is C10H20N2O2. The van der Waals surface area contributed by atoms with Crippen LogP contribution in [0.3, 0.4) is 0 Å². The number of carbonyl (C=O) groups is 1. The van der Waals surface area contributed by atoms with E-state index >= 15 is 0 Å². The first kappa shape index (κ1) is 11.5. The van der Waals surface area contributed by atoms with Gasteiger partial charge >= 0.3 is 0 Å². The summed E-state index contributed by atoms with van der Waals surface area (Å²) in [5, 5.41) is 9.26. The Bertz CT molecular complexity index is 197. The molecule has 0 aliphatic carbocycles. The van der Waals surface area contributed by atoms with Crippen LogP contribution in [-0.2, 0) is 4.79 Å². The van der Waals surface area contributed by atoms with Gasteiger partial charge in [-0.1, -0.05) is 6.92 Å². The third kappa shape index (κ3) is 3.27. The van der Waals surface area contributed by atoms with E-state index in [1.807, 2.05) is 6.92 Å². The fraction of sp³-hybridized carbons (Fsp3) is 0.900. The monoisotopic (exact) mass is 200 g/mol. The van der Waals surface area contributed by atoms with Crippen LogP contribution in [0, 0.1) is 5.92 Å². The SMILES string of the molecule is CC(CN)CCC(=O)N1CC[C@H](O)C1. The highest BCUT2D eigenvalue weighted by Crippen LogP contribution is 2.12. The fourth-order valence-electron chi connectivity index (χ4n) is 1.61. The van der Waals surface area contributed by atoms with Crippen molar-refractivity contribution < 1.29 is 9.90 Å². The Labute approximate surface area is 85.1 Å². The van der Waals surface area contributed by atoms with E-state index < -0.39 is 0 Å². The summed E-state index contributed by atoms with van der Waals surface area (Å²) in [5.41, 5.74) is 5.47. The van der Waals surface area contributed by atoms with Gasteiger partial charge in [-0.15, -0.1) is 0 Å². The van der Waals surface area contributed by atoms with Gasteiger partial charge < -0.3 is 15.7 Å². The quantitative estimate of drug-likeness (QED) is 0.669. The summed E-state index contributed by atoms with van der Waals surface area (Å²) in [6, 6.07) is 0. The van der Waals surface area contributed by atoms with E-state index in [1.54, 1.807) is 4.90 Å². The molecule has 0 bridgehead atoms. The summed E-state index contributed by atoms with van der Waals surface area (Å²) < 4.78 is 0. The zero-order valence-corrected chi connectivity index (χ0v) is 8.78. The number of nitrogens with zero attached hydrogens (tertiary/aromatic N) is 1. The van der Waals surface area contributed by atoms with E-state index in [0.29, 0.717) is 32.0 Å². The van der Waals surface area contributed by atoms with Crippen molar-refractivity contribution in [3.05, 3.63) is 0 Å². The third-order valence-corrected chi connectivity index (χ3v) is 2.77. The van der Waals surface area contributed by atoms with Gasteiger partial charge in [0.05, 0.1) is 6.10 Å². The van der Waals surface area contributed by atoms with Gasteiger partial charge in [-0.2, -0.15) is 0 Å². The van der Waals surface area contributed by atoms with Crippen LogP contribution in [0.2, 0.25) is 0 Å². The van der Waals surface area contributed by atoms with Crippen LogP contribution in [-0.4, -0.2) is 41.7 Å². The van der Waals surface area contributed by atoms with Crippen molar-refractivity contribution in [2.24, 2.45) is 11.7 Å². The second-order valence-electron chi connectivity index (χ2n) is 4.16. The minimum Gasteiger partial charge on any atom is -0.391 e. The van der Waals surface area contributed by atoms with Gasteiger partial charge in [0, 0.05) is 19.5 Å². The summed E-state index contributed by atoms with van der Waals surface area (Å²) in [6.07, 6.45) is 1.82. The van der Waals surface area contributed by atoms with E-state index in [0.717, 1.165) is 12.8 Å². The zero-order chi connectivity index (χ0) is 10.6. The first-order chi connectivity index (χ1) is 6.63. The molecule has 1 aliphatic heterocycles. The van der Waals surface area contributed by atoms with Crippen molar-refractivity contribution in [2.45, 2.75) is 32.3 Å². The lowest BCUT2D eigenvalue weighted by atomic mass is 10.1. The Morgan fingerprint density at radius 1 is 1.71 bits per heavy atom. The molecule has 0 aromatic rings. The molecule has 1 amide bonds. The van der Waals surface area contributed by atoms with Crippen molar-refractivity contribution in [3.63, 3.8) is 0 Å². The van der Waals surface area contributed by atoms with E-state index in [2.05, 4.69) is 0 Å². The van der Waals surface area contributed by atoms with Gasteiger partial charge in [0.15, 0.2) is 0 Å². The predicted octanol–water partition coefficient (Wildman–Crippen LogP) is -0.0454. The zero-order valence-electron chi connectivity index (χ0n) is 8.78. The number of rotatable bonds is 4. The lowest BCUT2D eigenvalue weighted by Gasteiger charge is -2.16.